The summed E-state index contributed by atoms with van der Waals surface area (Å²) in [7, 11) is 0. The van der Waals surface area contributed by atoms with E-state index in [4.69, 9.17) is 0 Å². The quantitative estimate of drug-likeness (QED) is 0.679. The van der Waals surface area contributed by atoms with Gasteiger partial charge in [0.15, 0.2) is 10.1 Å². The van der Waals surface area contributed by atoms with Crippen molar-refractivity contribution in [1.82, 2.24) is 4.98 Å². The first kappa shape index (κ1) is 14.7. The first-order chi connectivity index (χ1) is 9.56. The van der Waals surface area contributed by atoms with E-state index >= 15 is 0 Å². The van der Waals surface area contributed by atoms with Crippen LogP contribution in [0, 0.1) is 0 Å². The molecule has 1 aromatic carbocycles. The number of aromatic nitrogens is 1. The molecule has 2 rings (SSSR count). The summed E-state index contributed by atoms with van der Waals surface area (Å²) in [4.78, 5) is 27.3. The highest BCUT2D eigenvalue weighted by Gasteiger charge is 2.15. The number of hydrogen-bond donors (Lipinski definition) is 1. The van der Waals surface area contributed by atoms with Crippen LogP contribution in [0.5, 0.6) is 0 Å². The highest BCUT2D eigenvalue weighted by Crippen LogP contribution is 2.25. The molecule has 1 aromatic heterocycles. The second kappa shape index (κ2) is 6.67. The number of rotatable bonds is 5. The Labute approximate surface area is 125 Å². The summed E-state index contributed by atoms with van der Waals surface area (Å²) >= 11 is 2.94. The van der Waals surface area contributed by atoms with E-state index in [2.05, 4.69) is 10.3 Å². The molecule has 0 spiro atoms. The molecule has 0 aliphatic heterocycles. The smallest absolute Gasteiger partial charge is 0.237 e. The Hall–Kier alpha value is -1.66. The molecule has 0 saturated heterocycles. The zero-order valence-corrected chi connectivity index (χ0v) is 12.8. The van der Waals surface area contributed by atoms with Crippen LogP contribution in [0.2, 0.25) is 0 Å². The molecule has 6 heteroatoms. The first-order valence-corrected chi connectivity index (χ1v) is 7.80. The number of carbonyl (C=O) groups excluding carboxylic acids is 2. The van der Waals surface area contributed by atoms with Gasteiger partial charge in [0.1, 0.15) is 0 Å². The van der Waals surface area contributed by atoms with Gasteiger partial charge in [0.05, 0.1) is 5.25 Å². The van der Waals surface area contributed by atoms with Crippen LogP contribution in [-0.4, -0.2) is 21.9 Å². The monoisotopic (exact) mass is 306 g/mol. The normalized spacial score (nSPS) is 11.9. The molecule has 0 aliphatic rings. The summed E-state index contributed by atoms with van der Waals surface area (Å²) < 4.78 is 0.875. The number of thioether (sulfide) groups is 1. The molecule has 0 radical (unpaired) electrons. The maximum absolute atomic E-state index is 12.0. The van der Waals surface area contributed by atoms with Gasteiger partial charge < -0.3 is 5.32 Å². The van der Waals surface area contributed by atoms with E-state index in [1.165, 1.54) is 30.0 Å². The SMILES string of the molecule is CC(=O)c1ccc(NC(=O)C(C)Sc2nccs2)cc1. The highest BCUT2D eigenvalue weighted by molar-refractivity contribution is 8.02. The fraction of sp³-hybridized carbons (Fsp3) is 0.214. The standard InChI is InChI=1S/C14H14N2O2S2/c1-9(17)11-3-5-12(6-4-11)16-13(18)10(2)20-14-15-7-8-19-14/h3-8,10H,1-2H3,(H,16,18). The van der Waals surface area contributed by atoms with Gasteiger partial charge in [-0.3, -0.25) is 9.59 Å². The third-order valence-electron chi connectivity index (χ3n) is 2.62. The van der Waals surface area contributed by atoms with Crippen molar-refractivity contribution < 1.29 is 9.59 Å². The van der Waals surface area contributed by atoms with Crippen LogP contribution in [0.25, 0.3) is 0 Å². The summed E-state index contributed by atoms with van der Waals surface area (Å²) in [6.45, 7) is 3.35. The van der Waals surface area contributed by atoms with Crippen molar-refractivity contribution in [1.29, 1.82) is 0 Å². The number of nitrogens with one attached hydrogen (secondary N) is 1. The predicted molar refractivity (Wildman–Crippen MR) is 82.5 cm³/mol. The second-order valence-corrected chi connectivity index (χ2v) is 6.66. The average molecular weight is 306 g/mol. The molecule has 0 saturated carbocycles. The van der Waals surface area contributed by atoms with Gasteiger partial charge in [0.2, 0.25) is 5.91 Å². The lowest BCUT2D eigenvalue weighted by molar-refractivity contribution is -0.115. The molecular formula is C14H14N2O2S2. The molecule has 1 N–H and O–H groups in total. The molecule has 20 heavy (non-hydrogen) atoms. The fourth-order valence-electron chi connectivity index (χ4n) is 1.51. The summed E-state index contributed by atoms with van der Waals surface area (Å²) in [6.07, 6.45) is 1.72. The molecule has 0 fully saturated rings. The topological polar surface area (TPSA) is 59.1 Å². The van der Waals surface area contributed by atoms with Crippen LogP contribution < -0.4 is 5.32 Å². The van der Waals surface area contributed by atoms with E-state index in [1.807, 2.05) is 12.3 Å². The number of anilines is 1. The first-order valence-electron chi connectivity index (χ1n) is 6.04. The Balaban J connectivity index is 1.95. The Bertz CT molecular complexity index is 594. The lowest BCUT2D eigenvalue weighted by atomic mass is 10.1. The Morgan fingerprint density at radius 1 is 1.30 bits per heavy atom. The lowest BCUT2D eigenvalue weighted by Crippen LogP contribution is -2.22. The molecule has 2 aromatic rings. The number of benzene rings is 1. The summed E-state index contributed by atoms with van der Waals surface area (Å²) in [6, 6.07) is 6.87. The van der Waals surface area contributed by atoms with E-state index in [9.17, 15) is 9.59 Å². The van der Waals surface area contributed by atoms with Gasteiger partial charge >= 0.3 is 0 Å². The molecule has 1 atom stereocenters. The molecule has 0 aliphatic carbocycles. The van der Waals surface area contributed by atoms with Gasteiger partial charge in [-0.25, -0.2) is 4.98 Å². The van der Waals surface area contributed by atoms with Crippen molar-refractivity contribution in [2.45, 2.75) is 23.4 Å². The van der Waals surface area contributed by atoms with E-state index in [-0.39, 0.29) is 16.9 Å². The Morgan fingerprint density at radius 3 is 2.55 bits per heavy atom. The number of amides is 1. The number of ketones is 1. The lowest BCUT2D eigenvalue weighted by Gasteiger charge is -2.10. The summed E-state index contributed by atoms with van der Waals surface area (Å²) in [5, 5.41) is 4.48. The largest absolute Gasteiger partial charge is 0.325 e. The van der Waals surface area contributed by atoms with Gasteiger partial charge in [-0.05, 0) is 38.1 Å². The van der Waals surface area contributed by atoms with Gasteiger partial charge in [0.25, 0.3) is 0 Å². The average Bonchev–Trinajstić information content (AvgIpc) is 2.92. The third kappa shape index (κ3) is 3.91. The van der Waals surface area contributed by atoms with Crippen molar-refractivity contribution >= 4 is 40.5 Å². The molecule has 0 bridgehead atoms. The van der Waals surface area contributed by atoms with Gasteiger partial charge in [-0.1, -0.05) is 11.8 Å². The van der Waals surface area contributed by atoms with E-state index < -0.39 is 0 Å². The van der Waals surface area contributed by atoms with E-state index in [0.717, 1.165) is 4.34 Å². The minimum absolute atomic E-state index is 0.00979. The fourth-order valence-corrected chi connectivity index (χ4v) is 3.28. The van der Waals surface area contributed by atoms with Crippen LogP contribution in [0.1, 0.15) is 24.2 Å². The van der Waals surface area contributed by atoms with Gasteiger partial charge in [0, 0.05) is 22.8 Å². The highest BCUT2D eigenvalue weighted by atomic mass is 32.2. The molecule has 104 valence electrons. The van der Waals surface area contributed by atoms with Crippen molar-refractivity contribution in [3.8, 4) is 0 Å². The zero-order chi connectivity index (χ0) is 14.5. The van der Waals surface area contributed by atoms with Gasteiger partial charge in [-0.15, -0.1) is 11.3 Å². The molecule has 4 nitrogen and oxygen atoms in total. The number of Topliss-reactive ketones (excluding diaryl/α,β-unsaturated/α-hetero) is 1. The minimum Gasteiger partial charge on any atom is -0.325 e. The maximum Gasteiger partial charge on any atom is 0.237 e. The number of hydrogen-bond acceptors (Lipinski definition) is 5. The zero-order valence-electron chi connectivity index (χ0n) is 11.1. The molecule has 1 unspecified atom stereocenters. The van der Waals surface area contributed by atoms with Crippen LogP contribution in [-0.2, 0) is 4.79 Å². The molecule has 1 heterocycles. The van der Waals surface area contributed by atoms with Crippen LogP contribution in [0.3, 0.4) is 0 Å². The molecule has 1 amide bonds. The van der Waals surface area contributed by atoms with Crippen LogP contribution in [0.15, 0.2) is 40.2 Å². The third-order valence-corrected chi connectivity index (χ3v) is 4.63. The minimum atomic E-state index is -0.228. The van der Waals surface area contributed by atoms with Gasteiger partial charge in [-0.2, -0.15) is 0 Å². The Kier molecular flexibility index (Phi) is 4.92. The number of carbonyl (C=O) groups is 2. The predicted octanol–water partition coefficient (Wildman–Crippen LogP) is 3.47. The van der Waals surface area contributed by atoms with E-state index in [1.54, 1.807) is 30.5 Å². The van der Waals surface area contributed by atoms with Crippen molar-refractivity contribution in [3.63, 3.8) is 0 Å². The van der Waals surface area contributed by atoms with E-state index in [0.29, 0.717) is 11.3 Å². The maximum atomic E-state index is 12.0. The van der Waals surface area contributed by atoms with Crippen molar-refractivity contribution in [3.05, 3.63) is 41.4 Å². The summed E-state index contributed by atoms with van der Waals surface area (Å²) in [5.41, 5.74) is 1.32. The number of thiazole rings is 1. The van der Waals surface area contributed by atoms with Crippen molar-refractivity contribution in [2.24, 2.45) is 0 Å². The van der Waals surface area contributed by atoms with Crippen LogP contribution >= 0.6 is 23.1 Å². The second-order valence-electron chi connectivity index (χ2n) is 4.18. The molecular weight excluding hydrogens is 292 g/mol. The Morgan fingerprint density at radius 2 is 2.00 bits per heavy atom. The number of nitrogens with zero attached hydrogens (tertiary/aromatic N) is 1. The summed E-state index contributed by atoms with van der Waals surface area (Å²) in [5.74, 6) is -0.0728. The van der Waals surface area contributed by atoms with Crippen LogP contribution in [0.4, 0.5) is 5.69 Å². The van der Waals surface area contributed by atoms with Crippen molar-refractivity contribution in [2.75, 3.05) is 5.32 Å².